The maximum atomic E-state index is 13.1. The van der Waals surface area contributed by atoms with Crippen molar-refractivity contribution in [1.82, 2.24) is 9.55 Å². The molecule has 168 valence electrons. The van der Waals surface area contributed by atoms with Crippen LogP contribution in [0.4, 0.5) is 0 Å². The second-order valence-electron chi connectivity index (χ2n) is 8.18. The smallest absolute Gasteiger partial charge is 0.348 e. The number of aromatic nitrogens is 2. The number of esters is 1. The first-order chi connectivity index (χ1) is 15.9. The van der Waals surface area contributed by atoms with Crippen molar-refractivity contribution >= 4 is 16.9 Å². The summed E-state index contributed by atoms with van der Waals surface area (Å²) in [4.78, 5) is 29.3. The summed E-state index contributed by atoms with van der Waals surface area (Å²) in [5, 5.41) is 0.831. The highest BCUT2D eigenvalue weighted by atomic mass is 16.5. The summed E-state index contributed by atoms with van der Waals surface area (Å²) in [5.74, 6) is 0.713. The van der Waals surface area contributed by atoms with Crippen LogP contribution in [0.5, 0.6) is 5.75 Å². The molecule has 33 heavy (non-hydrogen) atoms. The van der Waals surface area contributed by atoms with Crippen LogP contribution < -0.4 is 10.4 Å². The topological polar surface area (TPSA) is 70.4 Å². The van der Waals surface area contributed by atoms with Gasteiger partial charge in [0.15, 0.2) is 0 Å². The molecule has 1 aromatic heterocycles. The lowest BCUT2D eigenvalue weighted by molar-refractivity contribution is 0.0600. The number of fused-ring (bicyclic) bond motifs is 1. The molecule has 1 heterocycles. The van der Waals surface area contributed by atoms with Gasteiger partial charge < -0.3 is 9.47 Å². The number of hydrogen-bond donors (Lipinski definition) is 0. The molecule has 0 atom stereocenters. The molecular formula is C27H26N2O4. The number of hydrogen-bond acceptors (Lipinski definition) is 5. The van der Waals surface area contributed by atoms with Gasteiger partial charge >= 0.3 is 11.7 Å². The number of nitrogens with zero attached hydrogens (tertiary/aromatic N) is 2. The highest BCUT2D eigenvalue weighted by Crippen LogP contribution is 2.30. The van der Waals surface area contributed by atoms with Crippen LogP contribution in [0.3, 0.4) is 0 Å². The zero-order valence-corrected chi connectivity index (χ0v) is 19.2. The van der Waals surface area contributed by atoms with Gasteiger partial charge in [-0.25, -0.2) is 9.59 Å². The number of ether oxygens (including phenoxy) is 2. The lowest BCUT2D eigenvalue weighted by atomic mass is 9.99. The molecule has 0 aliphatic heterocycles. The fraction of sp³-hybridized carbons (Fsp3) is 0.222. The zero-order valence-electron chi connectivity index (χ0n) is 19.2. The van der Waals surface area contributed by atoms with E-state index in [1.165, 1.54) is 12.7 Å². The Kier molecular flexibility index (Phi) is 6.27. The van der Waals surface area contributed by atoms with Crippen LogP contribution in [-0.2, 0) is 11.3 Å². The van der Waals surface area contributed by atoms with Gasteiger partial charge in [-0.1, -0.05) is 50.2 Å². The van der Waals surface area contributed by atoms with Gasteiger partial charge in [-0.2, -0.15) is 4.98 Å². The van der Waals surface area contributed by atoms with Crippen LogP contribution in [-0.4, -0.2) is 29.7 Å². The SMILES string of the molecule is COC(=O)c1ccc(Cn2c(=O)nc(-c3ccc(C(C)C)cc3)c3cc(OC)ccc32)cc1. The van der Waals surface area contributed by atoms with Crippen LogP contribution in [0.2, 0.25) is 0 Å². The molecule has 0 N–H and O–H groups in total. The number of carbonyl (C=O) groups is 1. The van der Waals surface area contributed by atoms with E-state index in [1.807, 2.05) is 42.5 Å². The van der Waals surface area contributed by atoms with Gasteiger partial charge in [0.1, 0.15) is 5.75 Å². The van der Waals surface area contributed by atoms with E-state index in [0.717, 1.165) is 22.0 Å². The molecular weight excluding hydrogens is 416 g/mol. The standard InChI is InChI=1S/C27H26N2O4/c1-17(2)19-9-11-20(12-10-19)25-23-15-22(32-3)13-14-24(23)29(27(31)28-25)16-18-5-7-21(8-6-18)26(30)33-4/h5-15,17H,16H2,1-4H3. The van der Waals surface area contributed by atoms with Crippen LogP contribution in [0.1, 0.15) is 41.3 Å². The fourth-order valence-electron chi connectivity index (χ4n) is 3.83. The second-order valence-corrected chi connectivity index (χ2v) is 8.18. The second kappa shape index (κ2) is 9.28. The predicted octanol–water partition coefficient (Wildman–Crippen LogP) is 5.03. The average Bonchev–Trinajstić information content (AvgIpc) is 2.85. The van der Waals surface area contributed by atoms with Crippen molar-refractivity contribution in [1.29, 1.82) is 0 Å². The third kappa shape index (κ3) is 4.51. The summed E-state index contributed by atoms with van der Waals surface area (Å²) in [6.07, 6.45) is 0. The molecule has 0 amide bonds. The largest absolute Gasteiger partial charge is 0.497 e. The number of benzene rings is 3. The van der Waals surface area contributed by atoms with Gasteiger partial charge in [-0.3, -0.25) is 4.57 Å². The van der Waals surface area contributed by atoms with Crippen LogP contribution in [0.25, 0.3) is 22.2 Å². The molecule has 4 aromatic rings. The highest BCUT2D eigenvalue weighted by Gasteiger charge is 2.14. The molecule has 0 aliphatic carbocycles. The van der Waals surface area contributed by atoms with E-state index in [1.54, 1.807) is 23.8 Å². The summed E-state index contributed by atoms with van der Waals surface area (Å²) in [5.41, 5.74) is 4.48. The average molecular weight is 443 g/mol. The van der Waals surface area contributed by atoms with E-state index in [4.69, 9.17) is 9.47 Å². The molecule has 0 unspecified atom stereocenters. The molecule has 6 heteroatoms. The Morgan fingerprint density at radius 2 is 1.67 bits per heavy atom. The van der Waals surface area contributed by atoms with E-state index in [0.29, 0.717) is 29.5 Å². The van der Waals surface area contributed by atoms with Crippen molar-refractivity contribution in [2.75, 3.05) is 14.2 Å². The van der Waals surface area contributed by atoms with Gasteiger partial charge in [-0.15, -0.1) is 0 Å². The van der Waals surface area contributed by atoms with Gasteiger partial charge in [0, 0.05) is 10.9 Å². The maximum absolute atomic E-state index is 13.1. The van der Waals surface area contributed by atoms with Gasteiger partial charge in [0.2, 0.25) is 0 Å². The molecule has 3 aromatic carbocycles. The molecule has 0 spiro atoms. The Morgan fingerprint density at radius 3 is 2.27 bits per heavy atom. The minimum absolute atomic E-state index is 0.322. The number of methoxy groups -OCH3 is 2. The minimum atomic E-state index is -0.397. The first-order valence-electron chi connectivity index (χ1n) is 10.8. The summed E-state index contributed by atoms with van der Waals surface area (Å²) in [6, 6.07) is 20.8. The van der Waals surface area contributed by atoms with Crippen LogP contribution >= 0.6 is 0 Å². The molecule has 0 aliphatic rings. The Labute approximate surface area is 192 Å². The Hall–Kier alpha value is -3.93. The highest BCUT2D eigenvalue weighted by molar-refractivity contribution is 5.93. The molecule has 0 radical (unpaired) electrons. The third-order valence-electron chi connectivity index (χ3n) is 5.75. The lowest BCUT2D eigenvalue weighted by Crippen LogP contribution is -2.24. The molecule has 0 bridgehead atoms. The molecule has 0 saturated heterocycles. The van der Waals surface area contributed by atoms with Crippen LogP contribution in [0.15, 0.2) is 71.5 Å². The lowest BCUT2D eigenvalue weighted by Gasteiger charge is -2.15. The first kappa shape index (κ1) is 22.3. The van der Waals surface area contributed by atoms with Gasteiger partial charge in [0.25, 0.3) is 0 Å². The molecule has 0 fully saturated rings. The third-order valence-corrected chi connectivity index (χ3v) is 5.75. The Morgan fingerprint density at radius 1 is 0.970 bits per heavy atom. The Balaban J connectivity index is 1.82. The van der Waals surface area contributed by atoms with Crippen molar-refractivity contribution in [2.45, 2.75) is 26.3 Å². The van der Waals surface area contributed by atoms with Crippen molar-refractivity contribution in [3.05, 3.63) is 93.9 Å². The van der Waals surface area contributed by atoms with Crippen LogP contribution in [0, 0.1) is 0 Å². The normalized spacial score (nSPS) is 11.1. The molecule has 6 nitrogen and oxygen atoms in total. The fourth-order valence-corrected chi connectivity index (χ4v) is 3.83. The summed E-state index contributed by atoms with van der Waals surface area (Å²) in [7, 11) is 2.96. The summed E-state index contributed by atoms with van der Waals surface area (Å²) < 4.78 is 11.8. The summed E-state index contributed by atoms with van der Waals surface area (Å²) >= 11 is 0. The quantitative estimate of drug-likeness (QED) is 0.392. The van der Waals surface area contributed by atoms with Crippen molar-refractivity contribution in [3.8, 4) is 17.0 Å². The van der Waals surface area contributed by atoms with E-state index in [2.05, 4.69) is 31.0 Å². The van der Waals surface area contributed by atoms with Crippen molar-refractivity contribution in [2.24, 2.45) is 0 Å². The minimum Gasteiger partial charge on any atom is -0.497 e. The summed E-state index contributed by atoms with van der Waals surface area (Å²) in [6.45, 7) is 4.61. The molecule has 0 saturated carbocycles. The van der Waals surface area contributed by atoms with Gasteiger partial charge in [0.05, 0.1) is 37.5 Å². The predicted molar refractivity (Wildman–Crippen MR) is 129 cm³/mol. The van der Waals surface area contributed by atoms with E-state index >= 15 is 0 Å². The van der Waals surface area contributed by atoms with Gasteiger partial charge in [-0.05, 0) is 47.4 Å². The molecule has 4 rings (SSSR count). The number of rotatable bonds is 6. The van der Waals surface area contributed by atoms with E-state index in [9.17, 15) is 9.59 Å². The maximum Gasteiger partial charge on any atom is 0.348 e. The van der Waals surface area contributed by atoms with Crippen molar-refractivity contribution < 1.29 is 14.3 Å². The van der Waals surface area contributed by atoms with Crippen molar-refractivity contribution in [3.63, 3.8) is 0 Å². The monoisotopic (exact) mass is 442 g/mol. The Bertz CT molecular complexity index is 1350. The zero-order chi connectivity index (χ0) is 23.5. The van der Waals surface area contributed by atoms with E-state index in [-0.39, 0.29) is 5.69 Å². The first-order valence-corrected chi connectivity index (χ1v) is 10.8. The van der Waals surface area contributed by atoms with E-state index < -0.39 is 5.97 Å². The number of carbonyl (C=O) groups excluding carboxylic acids is 1.